The molecule has 4 nitrogen and oxygen atoms in total. The Morgan fingerprint density at radius 3 is 2.33 bits per heavy atom. The van der Waals surface area contributed by atoms with E-state index in [4.69, 9.17) is 0 Å². The number of rotatable bonds is 2. The van der Waals surface area contributed by atoms with Gasteiger partial charge in [0.25, 0.3) is 5.91 Å². The molecule has 1 amide bonds. The Morgan fingerprint density at radius 2 is 1.76 bits per heavy atom. The summed E-state index contributed by atoms with van der Waals surface area (Å²) in [4.78, 5) is 36.0. The van der Waals surface area contributed by atoms with Crippen molar-refractivity contribution in [1.29, 1.82) is 0 Å². The molecule has 7 heteroatoms. The monoisotopic (exact) mass is 299 g/mol. The molecule has 1 saturated heterocycles. The quantitative estimate of drug-likeness (QED) is 0.783. The minimum Gasteiger partial charge on any atom is -0.337 e. The Morgan fingerprint density at radius 1 is 1.14 bits per heavy atom. The first-order chi connectivity index (χ1) is 9.80. The lowest BCUT2D eigenvalue weighted by Crippen LogP contribution is -2.49. The topological polar surface area (TPSA) is 54.5 Å². The third-order valence-electron chi connectivity index (χ3n) is 3.32. The molecule has 1 fully saturated rings. The van der Waals surface area contributed by atoms with Gasteiger partial charge in [0, 0.05) is 25.1 Å². The lowest BCUT2D eigenvalue weighted by Gasteiger charge is -2.31. The van der Waals surface area contributed by atoms with Crippen LogP contribution < -0.4 is 0 Å². The summed E-state index contributed by atoms with van der Waals surface area (Å²) in [5.74, 6) is -5.15. The van der Waals surface area contributed by atoms with Crippen LogP contribution in [-0.2, 0) is 9.59 Å². The van der Waals surface area contributed by atoms with Crippen molar-refractivity contribution in [1.82, 2.24) is 4.90 Å². The summed E-state index contributed by atoms with van der Waals surface area (Å²) in [5, 5.41) is 0. The van der Waals surface area contributed by atoms with Crippen LogP contribution in [0.2, 0.25) is 0 Å². The van der Waals surface area contributed by atoms with E-state index in [1.165, 1.54) is 12.1 Å². The van der Waals surface area contributed by atoms with E-state index < -0.39 is 36.1 Å². The van der Waals surface area contributed by atoms with E-state index >= 15 is 0 Å². The third-order valence-corrected chi connectivity index (χ3v) is 3.32. The van der Waals surface area contributed by atoms with Gasteiger partial charge in [0.05, 0.1) is 0 Å². The minimum atomic E-state index is -5.07. The van der Waals surface area contributed by atoms with Gasteiger partial charge in [-0.05, 0) is 12.1 Å². The number of alkyl halides is 3. The van der Waals surface area contributed by atoms with Crippen LogP contribution in [0.5, 0.6) is 0 Å². The molecule has 0 N–H and O–H groups in total. The molecule has 1 aliphatic rings. The molecule has 0 spiro atoms. The van der Waals surface area contributed by atoms with Crippen molar-refractivity contribution in [2.24, 2.45) is 5.92 Å². The lowest BCUT2D eigenvalue weighted by atomic mass is 9.91. The fraction of sp³-hybridized carbons (Fsp3) is 0.357. The molecule has 112 valence electrons. The maximum absolute atomic E-state index is 12.5. The van der Waals surface area contributed by atoms with Crippen LogP contribution in [0.25, 0.3) is 0 Å². The second-order valence-electron chi connectivity index (χ2n) is 4.75. The van der Waals surface area contributed by atoms with Gasteiger partial charge in [0.15, 0.2) is 0 Å². The molecule has 1 aromatic carbocycles. The van der Waals surface area contributed by atoms with Gasteiger partial charge < -0.3 is 4.90 Å². The van der Waals surface area contributed by atoms with E-state index in [0.29, 0.717) is 5.56 Å². The predicted molar refractivity (Wildman–Crippen MR) is 66.5 cm³/mol. The van der Waals surface area contributed by atoms with Crippen molar-refractivity contribution in [3.8, 4) is 0 Å². The standard InChI is InChI=1S/C14H12F3NO3/c15-14(16,17)12(20)10-8-18(7-6-11(10)19)13(21)9-4-2-1-3-5-9/h1-5,10H,6-8H2. The molecule has 1 aliphatic heterocycles. The molecule has 21 heavy (non-hydrogen) atoms. The fourth-order valence-corrected chi connectivity index (χ4v) is 2.21. The van der Waals surface area contributed by atoms with Crippen LogP contribution in [0.3, 0.4) is 0 Å². The minimum absolute atomic E-state index is 0.0220. The van der Waals surface area contributed by atoms with E-state index in [2.05, 4.69) is 0 Å². The molecule has 1 heterocycles. The maximum atomic E-state index is 12.5. The number of amides is 1. The number of nitrogens with zero attached hydrogens (tertiary/aromatic N) is 1. The Kier molecular flexibility index (Phi) is 4.11. The van der Waals surface area contributed by atoms with Crippen molar-refractivity contribution in [2.45, 2.75) is 12.6 Å². The molecular weight excluding hydrogens is 287 g/mol. The summed E-state index contributed by atoms with van der Waals surface area (Å²) in [6.07, 6.45) is -5.32. The van der Waals surface area contributed by atoms with Crippen molar-refractivity contribution >= 4 is 17.5 Å². The molecule has 0 radical (unpaired) electrons. The van der Waals surface area contributed by atoms with Crippen molar-refractivity contribution in [2.75, 3.05) is 13.1 Å². The van der Waals surface area contributed by atoms with Gasteiger partial charge in [-0.2, -0.15) is 13.2 Å². The van der Waals surface area contributed by atoms with Crippen LogP contribution in [0.4, 0.5) is 13.2 Å². The molecule has 0 saturated carbocycles. The summed E-state index contributed by atoms with van der Waals surface area (Å²) in [6.45, 7) is -0.501. The number of carbonyl (C=O) groups excluding carboxylic acids is 3. The highest BCUT2D eigenvalue weighted by Crippen LogP contribution is 2.25. The summed E-state index contributed by atoms with van der Waals surface area (Å²) in [6, 6.07) is 8.01. The Labute approximate surface area is 118 Å². The van der Waals surface area contributed by atoms with Crippen molar-refractivity contribution < 1.29 is 27.6 Å². The molecule has 0 bridgehead atoms. The number of benzene rings is 1. The van der Waals surface area contributed by atoms with E-state index in [1.54, 1.807) is 18.2 Å². The number of Topliss-reactive ketones (excluding diaryl/α,β-unsaturated/α-hetero) is 2. The molecule has 0 aromatic heterocycles. The highest BCUT2D eigenvalue weighted by Gasteiger charge is 2.48. The first-order valence-corrected chi connectivity index (χ1v) is 6.29. The van der Waals surface area contributed by atoms with Crippen LogP contribution in [0, 0.1) is 5.92 Å². The smallest absolute Gasteiger partial charge is 0.337 e. The average molecular weight is 299 g/mol. The van der Waals surface area contributed by atoms with Crippen molar-refractivity contribution in [3.63, 3.8) is 0 Å². The lowest BCUT2D eigenvalue weighted by molar-refractivity contribution is -0.177. The zero-order valence-corrected chi connectivity index (χ0v) is 10.9. The number of halogens is 3. The highest BCUT2D eigenvalue weighted by molar-refractivity contribution is 6.06. The van der Waals surface area contributed by atoms with Gasteiger partial charge in [-0.1, -0.05) is 18.2 Å². The van der Waals surface area contributed by atoms with Gasteiger partial charge in [-0.3, -0.25) is 14.4 Å². The zero-order chi connectivity index (χ0) is 15.6. The van der Waals surface area contributed by atoms with Crippen LogP contribution in [0.15, 0.2) is 30.3 Å². The molecule has 1 aromatic rings. The number of likely N-dealkylation sites (tertiary alicyclic amines) is 1. The molecule has 0 aliphatic carbocycles. The first-order valence-electron chi connectivity index (χ1n) is 6.29. The van der Waals surface area contributed by atoms with E-state index in [-0.39, 0.29) is 13.0 Å². The molecular formula is C14H12F3NO3. The number of piperidine rings is 1. The van der Waals surface area contributed by atoms with Gasteiger partial charge in [0.2, 0.25) is 5.78 Å². The van der Waals surface area contributed by atoms with Gasteiger partial charge >= 0.3 is 6.18 Å². The number of ketones is 2. The summed E-state index contributed by atoms with van der Waals surface area (Å²) in [5.41, 5.74) is 0.310. The van der Waals surface area contributed by atoms with Crippen LogP contribution in [0.1, 0.15) is 16.8 Å². The summed E-state index contributed by atoms with van der Waals surface area (Å²) >= 11 is 0. The zero-order valence-electron chi connectivity index (χ0n) is 10.9. The molecule has 2 rings (SSSR count). The summed E-state index contributed by atoms with van der Waals surface area (Å²) in [7, 11) is 0. The Bertz CT molecular complexity index is 569. The number of hydrogen-bond donors (Lipinski definition) is 0. The molecule has 1 atom stereocenters. The Balaban J connectivity index is 2.16. The van der Waals surface area contributed by atoms with E-state index in [1.807, 2.05) is 0 Å². The largest absolute Gasteiger partial charge is 0.450 e. The number of hydrogen-bond acceptors (Lipinski definition) is 3. The molecule has 1 unspecified atom stereocenters. The fourth-order valence-electron chi connectivity index (χ4n) is 2.21. The Hall–Kier alpha value is -2.18. The van der Waals surface area contributed by atoms with E-state index in [0.717, 1.165) is 4.90 Å². The summed E-state index contributed by atoms with van der Waals surface area (Å²) < 4.78 is 37.4. The normalized spacial score (nSPS) is 19.5. The first kappa shape index (κ1) is 15.2. The number of carbonyl (C=O) groups is 3. The second kappa shape index (κ2) is 5.67. The van der Waals surface area contributed by atoms with Gasteiger partial charge in [-0.15, -0.1) is 0 Å². The van der Waals surface area contributed by atoms with Crippen LogP contribution in [-0.4, -0.2) is 41.6 Å². The van der Waals surface area contributed by atoms with E-state index in [9.17, 15) is 27.6 Å². The van der Waals surface area contributed by atoms with Gasteiger partial charge in [0.1, 0.15) is 11.7 Å². The SMILES string of the molecule is O=C1CCN(C(=O)c2ccccc2)CC1C(=O)C(F)(F)F. The average Bonchev–Trinajstić information content (AvgIpc) is 2.46. The third kappa shape index (κ3) is 3.29. The maximum Gasteiger partial charge on any atom is 0.450 e. The van der Waals surface area contributed by atoms with Gasteiger partial charge in [-0.25, -0.2) is 0 Å². The highest BCUT2D eigenvalue weighted by atomic mass is 19.4. The predicted octanol–water partition coefficient (Wildman–Crippen LogP) is 1.85. The second-order valence-corrected chi connectivity index (χ2v) is 4.75. The van der Waals surface area contributed by atoms with Crippen molar-refractivity contribution in [3.05, 3.63) is 35.9 Å². The van der Waals surface area contributed by atoms with Crippen LogP contribution >= 0.6 is 0 Å².